The minimum Gasteiger partial charge on any atom is -0.257 e. The van der Waals surface area contributed by atoms with Gasteiger partial charge in [-0.05, 0) is 18.2 Å². The Hall–Kier alpha value is -0.890. The Morgan fingerprint density at radius 3 is 2.52 bits per heavy atom. The van der Waals surface area contributed by atoms with Gasteiger partial charge in [0, 0.05) is 28.0 Å². The molecule has 122 valence electrons. The molecule has 0 saturated heterocycles. The quantitative estimate of drug-likeness (QED) is 0.486. The van der Waals surface area contributed by atoms with Gasteiger partial charge in [-0.15, -0.1) is 23.1 Å². The number of aryl methyl sites for hydroxylation is 1. The molecule has 0 saturated carbocycles. The Morgan fingerprint density at radius 2 is 1.91 bits per heavy atom. The number of hydrogen-bond acceptors (Lipinski definition) is 3. The predicted octanol–water partition coefficient (Wildman–Crippen LogP) is 6.25. The first kappa shape index (κ1) is 17.0. The van der Waals surface area contributed by atoms with Gasteiger partial charge in [-0.25, -0.2) is 0 Å². The van der Waals surface area contributed by atoms with Crippen molar-refractivity contribution in [3.05, 3.63) is 44.9 Å². The van der Waals surface area contributed by atoms with E-state index in [9.17, 15) is 13.2 Å². The molecule has 0 spiro atoms. The summed E-state index contributed by atoms with van der Waals surface area (Å²) in [5.74, 6) is 0.486. The molecule has 0 fully saturated rings. The van der Waals surface area contributed by atoms with Crippen LogP contribution in [0.15, 0.2) is 29.2 Å². The van der Waals surface area contributed by atoms with Crippen molar-refractivity contribution in [2.24, 2.45) is 7.05 Å². The number of halogens is 5. The minimum absolute atomic E-state index is 0.130. The standard InChI is InChI=1S/C14H9Cl2F3N2S2/c1-21-13-8(12(20-21)14(17,18)19)5-7(23-13)6-22-11-9(15)3-2-4-10(11)16/h2-5H,6H2,1H3. The average molecular weight is 397 g/mol. The normalized spacial score (nSPS) is 12.3. The van der Waals surface area contributed by atoms with Gasteiger partial charge in [-0.2, -0.15) is 18.3 Å². The van der Waals surface area contributed by atoms with E-state index in [2.05, 4.69) is 5.10 Å². The molecular formula is C14H9Cl2F3N2S2. The molecule has 0 aliphatic carbocycles. The fourth-order valence-corrected chi connectivity index (χ4v) is 4.92. The number of benzene rings is 1. The summed E-state index contributed by atoms with van der Waals surface area (Å²) in [6, 6.07) is 6.74. The second-order valence-electron chi connectivity index (χ2n) is 4.74. The Kier molecular flexibility index (Phi) is 4.57. The van der Waals surface area contributed by atoms with Gasteiger partial charge in [-0.3, -0.25) is 4.68 Å². The van der Waals surface area contributed by atoms with E-state index in [1.165, 1.54) is 40.9 Å². The molecule has 0 bridgehead atoms. The minimum atomic E-state index is -4.46. The number of hydrogen-bond donors (Lipinski definition) is 0. The first-order chi connectivity index (χ1) is 10.8. The Morgan fingerprint density at radius 1 is 1.26 bits per heavy atom. The number of aromatic nitrogens is 2. The molecule has 3 aromatic rings. The zero-order valence-electron chi connectivity index (χ0n) is 11.6. The molecule has 0 aliphatic rings. The number of rotatable bonds is 3. The molecule has 0 unspecified atom stereocenters. The van der Waals surface area contributed by atoms with Gasteiger partial charge in [0.2, 0.25) is 0 Å². The van der Waals surface area contributed by atoms with Crippen molar-refractivity contribution in [2.45, 2.75) is 16.8 Å². The second kappa shape index (κ2) is 6.20. The maximum atomic E-state index is 13.0. The van der Waals surface area contributed by atoms with Crippen LogP contribution in [0.4, 0.5) is 13.2 Å². The molecule has 3 rings (SSSR count). The highest BCUT2D eigenvalue weighted by Crippen LogP contribution is 2.40. The first-order valence-electron chi connectivity index (χ1n) is 6.37. The first-order valence-corrected chi connectivity index (χ1v) is 8.92. The summed E-state index contributed by atoms with van der Waals surface area (Å²) in [4.78, 5) is 2.03. The van der Waals surface area contributed by atoms with E-state index in [0.717, 1.165) is 9.77 Å². The summed E-state index contributed by atoms with van der Waals surface area (Å²) in [6.07, 6.45) is -4.46. The molecular weight excluding hydrogens is 388 g/mol. The molecule has 23 heavy (non-hydrogen) atoms. The van der Waals surface area contributed by atoms with Crippen molar-refractivity contribution in [2.75, 3.05) is 0 Å². The topological polar surface area (TPSA) is 17.8 Å². The van der Waals surface area contributed by atoms with Crippen molar-refractivity contribution in [3.8, 4) is 0 Å². The van der Waals surface area contributed by atoms with Gasteiger partial charge in [0.15, 0.2) is 5.69 Å². The molecule has 0 atom stereocenters. The van der Waals surface area contributed by atoms with Gasteiger partial charge < -0.3 is 0 Å². The average Bonchev–Trinajstić information content (AvgIpc) is 2.98. The lowest BCUT2D eigenvalue weighted by Crippen LogP contribution is -2.07. The number of nitrogens with zero attached hydrogens (tertiary/aromatic N) is 2. The van der Waals surface area contributed by atoms with Crippen LogP contribution in [-0.4, -0.2) is 9.78 Å². The number of thiophene rings is 1. The van der Waals surface area contributed by atoms with Gasteiger partial charge in [0.1, 0.15) is 4.83 Å². The van der Waals surface area contributed by atoms with Crippen molar-refractivity contribution < 1.29 is 13.2 Å². The van der Waals surface area contributed by atoms with Crippen LogP contribution in [-0.2, 0) is 19.0 Å². The maximum absolute atomic E-state index is 13.0. The third-order valence-electron chi connectivity index (χ3n) is 3.11. The summed E-state index contributed by atoms with van der Waals surface area (Å²) >= 11 is 14.9. The molecule has 0 radical (unpaired) electrons. The summed E-state index contributed by atoms with van der Waals surface area (Å²) in [5.41, 5.74) is -0.849. The third-order valence-corrected chi connectivity index (χ3v) is 6.53. The lowest BCUT2D eigenvalue weighted by molar-refractivity contribution is -0.140. The molecule has 2 nitrogen and oxygen atoms in total. The molecule has 1 aromatic carbocycles. The van der Waals surface area contributed by atoms with Crippen LogP contribution in [0.2, 0.25) is 10.0 Å². The van der Waals surface area contributed by atoms with Crippen molar-refractivity contribution >= 4 is 56.5 Å². The van der Waals surface area contributed by atoms with Crippen LogP contribution < -0.4 is 0 Å². The maximum Gasteiger partial charge on any atom is 0.435 e. The summed E-state index contributed by atoms with van der Waals surface area (Å²) in [5, 5.41) is 4.75. The van der Waals surface area contributed by atoms with Gasteiger partial charge in [-0.1, -0.05) is 29.3 Å². The van der Waals surface area contributed by atoms with Gasteiger partial charge >= 0.3 is 6.18 Å². The largest absolute Gasteiger partial charge is 0.435 e. The van der Waals surface area contributed by atoms with Crippen molar-refractivity contribution in [3.63, 3.8) is 0 Å². The van der Waals surface area contributed by atoms with Crippen molar-refractivity contribution in [1.82, 2.24) is 9.78 Å². The number of alkyl halides is 3. The van der Waals surface area contributed by atoms with Gasteiger partial charge in [0.05, 0.1) is 10.0 Å². The van der Waals surface area contributed by atoms with Crippen LogP contribution >= 0.6 is 46.3 Å². The highest BCUT2D eigenvalue weighted by atomic mass is 35.5. The van der Waals surface area contributed by atoms with Crippen LogP contribution in [0.3, 0.4) is 0 Å². The summed E-state index contributed by atoms with van der Waals surface area (Å²) in [7, 11) is 1.51. The molecule has 0 aliphatic heterocycles. The lowest BCUT2D eigenvalue weighted by atomic mass is 10.3. The Labute approximate surface area is 148 Å². The molecule has 2 aromatic heterocycles. The third kappa shape index (κ3) is 3.33. The summed E-state index contributed by atoms with van der Waals surface area (Å²) < 4.78 is 40.2. The SMILES string of the molecule is Cn1nc(C(F)(F)F)c2cc(CSc3c(Cl)cccc3Cl)sc21. The van der Waals surface area contributed by atoms with Crippen LogP contribution in [0.25, 0.3) is 10.2 Å². The van der Waals surface area contributed by atoms with Crippen LogP contribution in [0, 0.1) is 0 Å². The van der Waals surface area contributed by atoms with E-state index in [4.69, 9.17) is 23.2 Å². The van der Waals surface area contributed by atoms with Crippen LogP contribution in [0.1, 0.15) is 10.6 Å². The van der Waals surface area contributed by atoms with Gasteiger partial charge in [0.25, 0.3) is 0 Å². The molecule has 0 amide bonds. The highest BCUT2D eigenvalue weighted by molar-refractivity contribution is 7.98. The zero-order valence-corrected chi connectivity index (χ0v) is 14.8. The Balaban J connectivity index is 1.90. The molecule has 0 N–H and O–H groups in total. The zero-order chi connectivity index (χ0) is 16.8. The van der Waals surface area contributed by atoms with Crippen molar-refractivity contribution in [1.29, 1.82) is 0 Å². The van der Waals surface area contributed by atoms with E-state index in [-0.39, 0.29) is 5.39 Å². The number of fused-ring (bicyclic) bond motifs is 1. The fourth-order valence-electron chi connectivity index (χ4n) is 2.13. The second-order valence-corrected chi connectivity index (χ2v) is 7.66. The van der Waals surface area contributed by atoms with E-state index in [1.54, 1.807) is 18.2 Å². The van der Waals surface area contributed by atoms with E-state index in [0.29, 0.717) is 20.6 Å². The van der Waals surface area contributed by atoms with E-state index in [1.807, 2.05) is 0 Å². The monoisotopic (exact) mass is 396 g/mol. The molecule has 9 heteroatoms. The van der Waals surface area contributed by atoms with E-state index < -0.39 is 11.9 Å². The number of thioether (sulfide) groups is 1. The highest BCUT2D eigenvalue weighted by Gasteiger charge is 2.37. The fraction of sp³-hybridized carbons (Fsp3) is 0.214. The lowest BCUT2D eigenvalue weighted by Gasteiger charge is -2.05. The summed E-state index contributed by atoms with van der Waals surface area (Å²) in [6.45, 7) is 0. The predicted molar refractivity (Wildman–Crippen MR) is 89.6 cm³/mol. The van der Waals surface area contributed by atoms with Crippen LogP contribution in [0.5, 0.6) is 0 Å². The Bertz CT molecular complexity index is 851. The van der Waals surface area contributed by atoms with E-state index >= 15 is 0 Å². The molecule has 2 heterocycles. The smallest absolute Gasteiger partial charge is 0.257 e.